The van der Waals surface area contributed by atoms with E-state index in [1.807, 2.05) is 19.1 Å². The molecule has 0 radical (unpaired) electrons. The highest BCUT2D eigenvalue weighted by Gasteiger charge is 2.28. The number of hydrogen-bond donors (Lipinski definition) is 1. The Labute approximate surface area is 101 Å². The highest BCUT2D eigenvalue weighted by atomic mass is 15.2. The second-order valence-electron chi connectivity index (χ2n) is 5.19. The van der Waals surface area contributed by atoms with Crippen LogP contribution in [0.3, 0.4) is 0 Å². The summed E-state index contributed by atoms with van der Waals surface area (Å²) in [6, 6.07) is 3.97. The van der Waals surface area contributed by atoms with Crippen molar-refractivity contribution < 1.29 is 0 Å². The van der Waals surface area contributed by atoms with Crippen molar-refractivity contribution in [3.8, 4) is 0 Å². The number of aryl methyl sites for hydroxylation is 1. The molecule has 1 fully saturated rings. The molecule has 0 aliphatic heterocycles. The predicted octanol–water partition coefficient (Wildman–Crippen LogP) is 2.37. The van der Waals surface area contributed by atoms with Gasteiger partial charge in [0.25, 0.3) is 0 Å². The molecular weight excluding hydrogens is 212 g/mol. The van der Waals surface area contributed by atoms with Gasteiger partial charge < -0.3 is 5.73 Å². The lowest BCUT2D eigenvalue weighted by Gasteiger charge is -2.12. The van der Waals surface area contributed by atoms with Crippen molar-refractivity contribution in [1.29, 1.82) is 0 Å². The lowest BCUT2D eigenvalue weighted by molar-refractivity contribution is 0.438. The van der Waals surface area contributed by atoms with Crippen LogP contribution in [0.5, 0.6) is 0 Å². The third-order valence-corrected chi connectivity index (χ3v) is 3.66. The summed E-state index contributed by atoms with van der Waals surface area (Å²) in [5, 5.41) is 0. The third kappa shape index (κ3) is 1.88. The summed E-state index contributed by atoms with van der Waals surface area (Å²) in [6.45, 7) is 5.22. The molecule has 3 rings (SSSR count). The van der Waals surface area contributed by atoms with Crippen molar-refractivity contribution in [3.63, 3.8) is 0 Å². The number of fused-ring (bicyclic) bond motifs is 1. The van der Waals surface area contributed by atoms with Crippen LogP contribution in [0.4, 0.5) is 5.95 Å². The molecule has 1 saturated carbocycles. The monoisotopic (exact) mass is 230 g/mol. The summed E-state index contributed by atoms with van der Waals surface area (Å²) in [6.07, 6.45) is 2.72. The zero-order chi connectivity index (χ0) is 12.0. The van der Waals surface area contributed by atoms with E-state index < -0.39 is 0 Å². The van der Waals surface area contributed by atoms with Gasteiger partial charge >= 0.3 is 0 Å². The van der Waals surface area contributed by atoms with Crippen molar-refractivity contribution in [2.75, 3.05) is 5.73 Å². The molecule has 0 spiro atoms. The standard InChI is InChI=1S/C13H18N4/c1-8(10-4-5-10)7-17-12-11(16-13(17)14)6-3-9(2)15-12/h3,6,8,10H,4-5,7H2,1-2H3,(H2,14,16). The second kappa shape index (κ2) is 3.72. The maximum atomic E-state index is 5.98. The van der Waals surface area contributed by atoms with Gasteiger partial charge in [-0.15, -0.1) is 0 Å². The van der Waals surface area contributed by atoms with E-state index >= 15 is 0 Å². The third-order valence-electron chi connectivity index (χ3n) is 3.66. The Kier molecular flexibility index (Phi) is 2.31. The highest BCUT2D eigenvalue weighted by Crippen LogP contribution is 2.37. The first kappa shape index (κ1) is 10.6. The van der Waals surface area contributed by atoms with E-state index in [1.54, 1.807) is 0 Å². The number of pyridine rings is 1. The van der Waals surface area contributed by atoms with Gasteiger partial charge in [-0.2, -0.15) is 0 Å². The van der Waals surface area contributed by atoms with E-state index in [0.29, 0.717) is 11.9 Å². The molecule has 17 heavy (non-hydrogen) atoms. The van der Waals surface area contributed by atoms with Crippen molar-refractivity contribution in [3.05, 3.63) is 17.8 Å². The minimum Gasteiger partial charge on any atom is -0.369 e. The topological polar surface area (TPSA) is 56.7 Å². The predicted molar refractivity (Wildman–Crippen MR) is 68.6 cm³/mol. The number of imidazole rings is 1. The van der Waals surface area contributed by atoms with Crippen LogP contribution in [0.25, 0.3) is 11.2 Å². The highest BCUT2D eigenvalue weighted by molar-refractivity contribution is 5.74. The van der Waals surface area contributed by atoms with Crippen LogP contribution >= 0.6 is 0 Å². The fourth-order valence-electron chi connectivity index (χ4n) is 2.40. The van der Waals surface area contributed by atoms with Crippen molar-refractivity contribution in [2.45, 2.75) is 33.2 Å². The van der Waals surface area contributed by atoms with E-state index in [-0.39, 0.29) is 0 Å². The number of rotatable bonds is 3. The molecule has 2 N–H and O–H groups in total. The molecule has 0 saturated heterocycles. The van der Waals surface area contributed by atoms with E-state index in [0.717, 1.165) is 29.3 Å². The molecule has 0 amide bonds. The van der Waals surface area contributed by atoms with Gasteiger partial charge in [-0.25, -0.2) is 9.97 Å². The Morgan fingerprint density at radius 2 is 2.18 bits per heavy atom. The fraction of sp³-hybridized carbons (Fsp3) is 0.538. The number of nitrogens with two attached hydrogens (primary N) is 1. The SMILES string of the molecule is Cc1ccc2nc(N)n(CC(C)C3CC3)c2n1. The van der Waals surface area contributed by atoms with Crippen LogP contribution in [-0.4, -0.2) is 14.5 Å². The average molecular weight is 230 g/mol. The van der Waals surface area contributed by atoms with Crippen molar-refractivity contribution in [1.82, 2.24) is 14.5 Å². The molecule has 90 valence electrons. The summed E-state index contributed by atoms with van der Waals surface area (Å²) in [4.78, 5) is 8.91. The number of aromatic nitrogens is 3. The van der Waals surface area contributed by atoms with E-state index in [4.69, 9.17) is 5.73 Å². The van der Waals surface area contributed by atoms with Crippen LogP contribution in [0.15, 0.2) is 12.1 Å². The normalized spacial score (nSPS) is 17.5. The van der Waals surface area contributed by atoms with E-state index in [9.17, 15) is 0 Å². The number of anilines is 1. The summed E-state index contributed by atoms with van der Waals surface area (Å²) in [5.74, 6) is 2.12. The zero-order valence-electron chi connectivity index (χ0n) is 10.3. The minimum absolute atomic E-state index is 0.589. The number of hydrogen-bond acceptors (Lipinski definition) is 3. The van der Waals surface area contributed by atoms with Crippen LogP contribution in [0.2, 0.25) is 0 Å². The van der Waals surface area contributed by atoms with Gasteiger partial charge in [0.05, 0.1) is 0 Å². The summed E-state index contributed by atoms with van der Waals surface area (Å²) in [5.41, 5.74) is 8.82. The zero-order valence-corrected chi connectivity index (χ0v) is 10.3. The van der Waals surface area contributed by atoms with Crippen LogP contribution < -0.4 is 5.73 Å². The molecule has 4 heteroatoms. The molecule has 0 aromatic carbocycles. The Morgan fingerprint density at radius 1 is 1.41 bits per heavy atom. The average Bonchev–Trinajstić information content (AvgIpc) is 3.08. The van der Waals surface area contributed by atoms with Gasteiger partial charge in [0.1, 0.15) is 5.52 Å². The molecule has 1 aliphatic rings. The molecule has 4 nitrogen and oxygen atoms in total. The first-order chi connectivity index (χ1) is 8.15. The molecule has 2 aromatic heterocycles. The minimum atomic E-state index is 0.589. The lowest BCUT2D eigenvalue weighted by atomic mass is 10.1. The van der Waals surface area contributed by atoms with Crippen LogP contribution in [0, 0.1) is 18.8 Å². The molecule has 1 unspecified atom stereocenters. The van der Waals surface area contributed by atoms with Gasteiger partial charge in [0.15, 0.2) is 5.65 Å². The van der Waals surface area contributed by atoms with Crippen molar-refractivity contribution in [2.24, 2.45) is 11.8 Å². The number of nitrogens with zero attached hydrogens (tertiary/aromatic N) is 3. The molecule has 2 heterocycles. The Morgan fingerprint density at radius 3 is 2.88 bits per heavy atom. The summed E-state index contributed by atoms with van der Waals surface area (Å²) in [7, 11) is 0. The molecular formula is C13H18N4. The summed E-state index contributed by atoms with van der Waals surface area (Å²) < 4.78 is 2.06. The molecule has 2 aromatic rings. The van der Waals surface area contributed by atoms with E-state index in [2.05, 4.69) is 21.5 Å². The first-order valence-electron chi connectivity index (χ1n) is 6.24. The molecule has 1 atom stereocenters. The molecule has 0 bridgehead atoms. The quantitative estimate of drug-likeness (QED) is 0.880. The first-order valence-corrected chi connectivity index (χ1v) is 6.24. The smallest absolute Gasteiger partial charge is 0.202 e. The largest absolute Gasteiger partial charge is 0.369 e. The maximum Gasteiger partial charge on any atom is 0.202 e. The van der Waals surface area contributed by atoms with Gasteiger partial charge in [-0.1, -0.05) is 6.92 Å². The van der Waals surface area contributed by atoms with E-state index in [1.165, 1.54) is 12.8 Å². The maximum absolute atomic E-state index is 5.98. The Hall–Kier alpha value is -1.58. The Bertz CT molecular complexity index is 554. The lowest BCUT2D eigenvalue weighted by Crippen LogP contribution is -2.12. The Balaban J connectivity index is 2.01. The van der Waals surface area contributed by atoms with Gasteiger partial charge in [0, 0.05) is 12.2 Å². The second-order valence-corrected chi connectivity index (χ2v) is 5.19. The van der Waals surface area contributed by atoms with Gasteiger partial charge in [-0.05, 0) is 43.7 Å². The van der Waals surface area contributed by atoms with Crippen LogP contribution in [-0.2, 0) is 6.54 Å². The molecule has 1 aliphatic carbocycles. The van der Waals surface area contributed by atoms with Gasteiger partial charge in [0.2, 0.25) is 5.95 Å². The fourth-order valence-corrected chi connectivity index (χ4v) is 2.40. The van der Waals surface area contributed by atoms with Crippen molar-refractivity contribution >= 4 is 17.1 Å². The summed E-state index contributed by atoms with van der Waals surface area (Å²) >= 11 is 0. The van der Waals surface area contributed by atoms with Gasteiger partial charge in [-0.3, -0.25) is 4.57 Å². The van der Waals surface area contributed by atoms with Crippen LogP contribution in [0.1, 0.15) is 25.5 Å². The number of nitrogen functional groups attached to an aromatic ring is 1.